The van der Waals surface area contributed by atoms with E-state index < -0.39 is 40.7 Å². The predicted molar refractivity (Wildman–Crippen MR) is 41.7 cm³/mol. The van der Waals surface area contributed by atoms with Crippen molar-refractivity contribution in [2.45, 2.75) is 10.8 Å². The molecule has 0 aromatic rings. The van der Waals surface area contributed by atoms with Crippen molar-refractivity contribution in [3.63, 3.8) is 0 Å². The lowest BCUT2D eigenvalue weighted by Gasteiger charge is -2.29. The number of hydrogen-bond acceptors (Lipinski definition) is 6. The van der Waals surface area contributed by atoms with Gasteiger partial charge in [0.2, 0.25) is 0 Å². The van der Waals surface area contributed by atoms with Gasteiger partial charge < -0.3 is 10.3 Å². The number of halogens is 5. The normalized spacial score (nSPS) is 14.8. The summed E-state index contributed by atoms with van der Waals surface area (Å²) in [5.74, 6) is -3.51. The quantitative estimate of drug-likeness (QED) is 0.552. The lowest BCUT2D eigenvalue weighted by molar-refractivity contribution is -0.153. The van der Waals surface area contributed by atoms with Crippen molar-refractivity contribution in [2.24, 2.45) is 0 Å². The first-order chi connectivity index (χ1) is 7.60. The second-order valence-corrected chi connectivity index (χ2v) is 6.21. The van der Waals surface area contributed by atoms with E-state index in [0.29, 0.717) is 0 Å². The van der Waals surface area contributed by atoms with Gasteiger partial charge in [-0.05, 0) is 0 Å². The molecule has 0 amide bonds. The number of sulfonamides is 2. The molecule has 0 spiro atoms. The van der Waals surface area contributed by atoms with Crippen molar-refractivity contribution in [1.29, 1.82) is 0 Å². The number of nitrogens with zero attached hydrogens (tertiary/aromatic N) is 1. The van der Waals surface area contributed by atoms with E-state index in [1.54, 1.807) is 0 Å². The van der Waals surface area contributed by atoms with Gasteiger partial charge in [0.05, 0.1) is 0 Å². The topological polar surface area (TPSA) is 132 Å². The van der Waals surface area contributed by atoms with Crippen LogP contribution in [-0.2, 0) is 24.8 Å². The molecule has 0 saturated carbocycles. The third kappa shape index (κ3) is 2.38. The second kappa shape index (κ2) is 4.25. The molecule has 0 unspecified atom stereocenters. The van der Waals surface area contributed by atoms with E-state index in [4.69, 9.17) is 5.11 Å². The molecule has 0 aromatic carbocycles. The number of rotatable bonds is 4. The van der Waals surface area contributed by atoms with Gasteiger partial charge in [-0.1, -0.05) is 0 Å². The van der Waals surface area contributed by atoms with E-state index in [1.807, 2.05) is 0 Å². The summed E-state index contributed by atoms with van der Waals surface area (Å²) < 4.78 is 98.5. The zero-order valence-electron chi connectivity index (χ0n) is 7.55. The van der Waals surface area contributed by atoms with Gasteiger partial charge in [0.15, 0.2) is 0 Å². The molecule has 0 rings (SSSR count). The third-order valence-corrected chi connectivity index (χ3v) is 4.63. The van der Waals surface area contributed by atoms with Gasteiger partial charge in [-0.15, -0.1) is 0 Å². The molecule has 0 aliphatic carbocycles. The van der Waals surface area contributed by atoms with E-state index in [2.05, 4.69) is 0 Å². The van der Waals surface area contributed by atoms with Crippen LogP contribution in [0, 0.1) is 5.21 Å². The molecule has 0 saturated heterocycles. The number of carboxylic acid groups (broad SMARTS) is 1. The first kappa shape index (κ1) is 16.9. The van der Waals surface area contributed by atoms with E-state index in [0.717, 1.165) is 0 Å². The molecule has 0 fully saturated rings. The van der Waals surface area contributed by atoms with Crippen LogP contribution in [0.25, 0.3) is 0 Å². The van der Waals surface area contributed by atoms with Crippen molar-refractivity contribution < 1.29 is 48.7 Å². The number of alkyl halides is 5. The van der Waals surface area contributed by atoms with Gasteiger partial charge >= 0.3 is 26.8 Å². The summed E-state index contributed by atoms with van der Waals surface area (Å²) in [6, 6.07) is 0. The van der Waals surface area contributed by atoms with Gasteiger partial charge in [0, 0.05) is 0 Å². The Morgan fingerprint density at radius 3 is 1.56 bits per heavy atom. The summed E-state index contributed by atoms with van der Waals surface area (Å²) in [7, 11) is -14.3. The lowest BCUT2D eigenvalue weighted by Crippen LogP contribution is -2.50. The monoisotopic (exact) mass is 322 g/mol. The van der Waals surface area contributed by atoms with Crippen LogP contribution in [0.3, 0.4) is 0 Å². The molecule has 108 valence electrons. The van der Waals surface area contributed by atoms with Crippen LogP contribution in [0.1, 0.15) is 0 Å². The highest BCUT2D eigenvalue weighted by Gasteiger charge is 2.60. The zero-order valence-corrected chi connectivity index (χ0v) is 9.18. The average Bonchev–Trinajstić information content (AvgIpc) is 2.13. The summed E-state index contributed by atoms with van der Waals surface area (Å²) >= 11 is 0. The van der Waals surface area contributed by atoms with Crippen molar-refractivity contribution in [2.75, 3.05) is 0 Å². The average molecular weight is 322 g/mol. The van der Waals surface area contributed by atoms with E-state index in [9.17, 15) is 48.8 Å². The molecule has 0 aliphatic heterocycles. The summed E-state index contributed by atoms with van der Waals surface area (Å²) in [4.78, 5) is 9.78. The molecule has 18 heavy (non-hydrogen) atoms. The molecular weight excluding hydrogens is 321 g/mol. The first-order valence-electron chi connectivity index (χ1n) is 3.25. The van der Waals surface area contributed by atoms with Crippen LogP contribution in [0.4, 0.5) is 22.0 Å². The van der Waals surface area contributed by atoms with Crippen LogP contribution in [0.2, 0.25) is 0 Å². The Labute approximate surface area is 95.3 Å². The Morgan fingerprint density at radius 2 is 1.33 bits per heavy atom. The maximum Gasteiger partial charge on any atom is 0.511 e. The Bertz CT molecular complexity index is 546. The Balaban J connectivity index is 5.93. The first-order valence-corrected chi connectivity index (χ1v) is 6.13. The Hall–Kier alpha value is -1.06. The highest BCUT2D eigenvalue weighted by molar-refractivity contribution is 8.05. The number of aliphatic carboxylic acids is 1. The minimum Gasteiger partial charge on any atom is -0.759 e. The fourth-order valence-electron chi connectivity index (χ4n) is 0.418. The minimum absolute atomic E-state index is 2.98. The van der Waals surface area contributed by atoms with Crippen LogP contribution in [0.15, 0.2) is 0 Å². The highest BCUT2D eigenvalue weighted by atomic mass is 32.3. The Morgan fingerprint density at radius 1 is 1.00 bits per heavy atom. The fraction of sp³-hybridized carbons (Fsp3) is 0.667. The highest BCUT2D eigenvalue weighted by Crippen LogP contribution is 2.33. The molecule has 15 heteroatoms. The van der Waals surface area contributed by atoms with Crippen molar-refractivity contribution in [1.82, 2.24) is 3.87 Å². The third-order valence-electron chi connectivity index (χ3n) is 1.26. The fourth-order valence-corrected chi connectivity index (χ4v) is 2.56. The number of carboxylic acids is 1. The van der Waals surface area contributed by atoms with E-state index in [1.165, 1.54) is 0 Å². The molecule has 0 radical (unpaired) electrons. The molecule has 0 bridgehead atoms. The summed E-state index contributed by atoms with van der Waals surface area (Å²) in [5, 5.41) is 12.1. The van der Waals surface area contributed by atoms with Crippen molar-refractivity contribution in [3.05, 3.63) is 5.21 Å². The van der Waals surface area contributed by atoms with Crippen LogP contribution < -0.4 is 0 Å². The number of hydrogen-bond donors (Lipinski definition) is 1. The van der Waals surface area contributed by atoms with Gasteiger partial charge in [-0.25, -0.2) is 21.6 Å². The second-order valence-electron chi connectivity index (χ2n) is 2.44. The van der Waals surface area contributed by atoms with Crippen LogP contribution in [0.5, 0.6) is 0 Å². The van der Waals surface area contributed by atoms with Gasteiger partial charge in [0.25, 0.3) is 10.0 Å². The standard InChI is InChI=1S/C3HF5NO7S2/c4-2(5,1(10)11)17(13,14)9(12)18(15,16)3(6,7)8/h(H,10,11)/q-1. The number of carbonyl (C=O) groups is 1. The molecule has 8 nitrogen and oxygen atoms in total. The summed E-state index contributed by atoms with van der Waals surface area (Å²) in [6.45, 7) is 0. The maximum atomic E-state index is 12.4. The van der Waals surface area contributed by atoms with Gasteiger partial charge in [-0.2, -0.15) is 25.8 Å². The lowest BCUT2D eigenvalue weighted by atomic mass is 10.7. The predicted octanol–water partition coefficient (Wildman–Crippen LogP) is -0.357. The van der Waals surface area contributed by atoms with Crippen molar-refractivity contribution >= 4 is 26.0 Å². The molecule has 0 heterocycles. The zero-order chi connectivity index (χ0) is 15.2. The molecule has 1 N–H and O–H groups in total. The Kier molecular flexibility index (Phi) is 4.00. The van der Waals surface area contributed by atoms with Crippen molar-refractivity contribution in [3.8, 4) is 0 Å². The van der Waals surface area contributed by atoms with Gasteiger partial charge in [-0.3, -0.25) is 0 Å². The molecular formula is C3HF5NO7S2-. The van der Waals surface area contributed by atoms with E-state index in [-0.39, 0.29) is 0 Å². The smallest absolute Gasteiger partial charge is 0.511 e. The largest absolute Gasteiger partial charge is 0.759 e. The van der Waals surface area contributed by atoms with Crippen LogP contribution >= 0.6 is 0 Å². The SMILES string of the molecule is O=C(O)C(F)(F)S(=O)(=O)N([O-])S(=O)(=O)C(F)(F)F. The molecule has 0 aliphatic rings. The van der Waals surface area contributed by atoms with Gasteiger partial charge in [0.1, 0.15) is 0 Å². The summed E-state index contributed by atoms with van der Waals surface area (Å²) in [6.07, 6.45) is 0. The molecule has 0 atom stereocenters. The minimum atomic E-state index is -7.20. The van der Waals surface area contributed by atoms with Crippen LogP contribution in [-0.4, -0.2) is 42.5 Å². The van der Waals surface area contributed by atoms with E-state index >= 15 is 0 Å². The summed E-state index contributed by atoms with van der Waals surface area (Å²) in [5.41, 5.74) is -6.49. The molecule has 0 aromatic heterocycles. The maximum absolute atomic E-state index is 12.4.